The lowest BCUT2D eigenvalue weighted by molar-refractivity contribution is 0.555. The molecule has 0 aromatic rings. The molecule has 0 saturated carbocycles. The Morgan fingerprint density at radius 3 is 2.71 bits per heavy atom. The summed E-state index contributed by atoms with van der Waals surface area (Å²) >= 11 is 0. The molecule has 1 fully saturated rings. The zero-order valence-electron chi connectivity index (χ0n) is 9.12. The van der Waals surface area contributed by atoms with Gasteiger partial charge in [-0.1, -0.05) is 20.3 Å². The lowest BCUT2D eigenvalue weighted by atomic mass is 10.2. The van der Waals surface area contributed by atoms with E-state index >= 15 is 0 Å². The minimum Gasteiger partial charge on any atom is -0.315 e. The second kappa shape index (κ2) is 5.12. The van der Waals surface area contributed by atoms with E-state index in [1.54, 1.807) is 0 Å². The zero-order chi connectivity index (χ0) is 10.6. The second-order valence-corrected chi connectivity index (χ2v) is 6.87. The minimum absolute atomic E-state index is 0.146. The van der Waals surface area contributed by atoms with Crippen LogP contribution in [0.25, 0.3) is 0 Å². The van der Waals surface area contributed by atoms with Gasteiger partial charge in [-0.15, -0.1) is 0 Å². The SMILES string of the molecule is CC(C)CS(=O)(=O)C1CCCCNC1. The predicted molar refractivity (Wildman–Crippen MR) is 59.1 cm³/mol. The molecule has 1 aliphatic heterocycles. The topological polar surface area (TPSA) is 46.2 Å². The van der Waals surface area contributed by atoms with Crippen molar-refractivity contribution in [2.45, 2.75) is 38.4 Å². The zero-order valence-corrected chi connectivity index (χ0v) is 9.94. The van der Waals surface area contributed by atoms with Gasteiger partial charge in [-0.05, 0) is 25.3 Å². The van der Waals surface area contributed by atoms with Gasteiger partial charge in [-0.2, -0.15) is 0 Å². The van der Waals surface area contributed by atoms with Crippen LogP contribution in [0.3, 0.4) is 0 Å². The van der Waals surface area contributed by atoms with Gasteiger partial charge in [0.2, 0.25) is 0 Å². The maximum Gasteiger partial charge on any atom is 0.154 e. The molecule has 1 N–H and O–H groups in total. The summed E-state index contributed by atoms with van der Waals surface area (Å²) in [6, 6.07) is 0. The fourth-order valence-corrected chi connectivity index (χ4v) is 3.99. The molecular weight excluding hydrogens is 198 g/mol. The Bertz CT molecular complexity index is 251. The monoisotopic (exact) mass is 219 g/mol. The Labute approximate surface area is 87.2 Å². The van der Waals surface area contributed by atoms with E-state index in [4.69, 9.17) is 0 Å². The summed E-state index contributed by atoms with van der Waals surface area (Å²) in [5.74, 6) is 0.572. The van der Waals surface area contributed by atoms with Crippen LogP contribution in [0.2, 0.25) is 0 Å². The van der Waals surface area contributed by atoms with Gasteiger partial charge in [0.25, 0.3) is 0 Å². The molecule has 1 atom stereocenters. The fraction of sp³-hybridized carbons (Fsp3) is 1.00. The molecule has 1 aliphatic rings. The van der Waals surface area contributed by atoms with Crippen molar-refractivity contribution in [2.75, 3.05) is 18.8 Å². The third kappa shape index (κ3) is 3.58. The quantitative estimate of drug-likeness (QED) is 0.776. The Kier molecular flexibility index (Phi) is 4.38. The van der Waals surface area contributed by atoms with Crippen LogP contribution in [-0.4, -0.2) is 32.5 Å². The Balaban J connectivity index is 2.60. The molecule has 1 unspecified atom stereocenters. The smallest absolute Gasteiger partial charge is 0.154 e. The number of hydrogen-bond donors (Lipinski definition) is 1. The van der Waals surface area contributed by atoms with Gasteiger partial charge >= 0.3 is 0 Å². The van der Waals surface area contributed by atoms with Crippen molar-refractivity contribution in [1.29, 1.82) is 0 Å². The summed E-state index contributed by atoms with van der Waals surface area (Å²) in [5, 5.41) is 3.05. The van der Waals surface area contributed by atoms with Gasteiger partial charge in [0, 0.05) is 6.54 Å². The molecule has 0 amide bonds. The van der Waals surface area contributed by atoms with E-state index in [1.165, 1.54) is 0 Å². The van der Waals surface area contributed by atoms with Crippen molar-refractivity contribution in [3.8, 4) is 0 Å². The van der Waals surface area contributed by atoms with E-state index in [1.807, 2.05) is 13.8 Å². The minimum atomic E-state index is -2.87. The lowest BCUT2D eigenvalue weighted by Gasteiger charge is -2.16. The van der Waals surface area contributed by atoms with E-state index in [9.17, 15) is 8.42 Å². The number of hydrogen-bond acceptors (Lipinski definition) is 3. The molecule has 0 spiro atoms. The molecule has 84 valence electrons. The van der Waals surface area contributed by atoms with E-state index in [-0.39, 0.29) is 11.2 Å². The second-order valence-electron chi connectivity index (χ2n) is 4.55. The van der Waals surface area contributed by atoms with E-state index in [2.05, 4.69) is 5.32 Å². The normalized spacial score (nSPS) is 24.9. The summed E-state index contributed by atoms with van der Waals surface area (Å²) in [5.41, 5.74) is 0. The highest BCUT2D eigenvalue weighted by Crippen LogP contribution is 2.15. The summed E-state index contributed by atoms with van der Waals surface area (Å²) in [7, 11) is -2.87. The summed E-state index contributed by atoms with van der Waals surface area (Å²) in [4.78, 5) is 0. The molecule has 1 rings (SSSR count). The highest BCUT2D eigenvalue weighted by atomic mass is 32.2. The standard InChI is InChI=1S/C10H21NO2S/c1-9(2)8-14(12,13)10-5-3-4-6-11-7-10/h9-11H,3-8H2,1-2H3. The van der Waals surface area contributed by atoms with Gasteiger partial charge < -0.3 is 5.32 Å². The molecule has 1 saturated heterocycles. The summed E-state index contributed by atoms with van der Waals surface area (Å²) < 4.78 is 23.8. The van der Waals surface area contributed by atoms with Crippen molar-refractivity contribution in [3.05, 3.63) is 0 Å². The van der Waals surface area contributed by atoms with Gasteiger partial charge in [0.15, 0.2) is 9.84 Å². The van der Waals surface area contributed by atoms with Gasteiger partial charge in [-0.3, -0.25) is 0 Å². The van der Waals surface area contributed by atoms with E-state index in [0.29, 0.717) is 12.3 Å². The van der Waals surface area contributed by atoms with Crippen molar-refractivity contribution in [2.24, 2.45) is 5.92 Å². The summed E-state index contributed by atoms with van der Waals surface area (Å²) in [6.45, 7) is 5.53. The molecular formula is C10H21NO2S. The molecule has 3 nitrogen and oxygen atoms in total. The van der Waals surface area contributed by atoms with Crippen LogP contribution < -0.4 is 5.32 Å². The van der Waals surface area contributed by atoms with Crippen LogP contribution in [0, 0.1) is 5.92 Å². The third-order valence-electron chi connectivity index (χ3n) is 2.58. The first-order chi connectivity index (χ1) is 6.52. The van der Waals surface area contributed by atoms with Crippen LogP contribution in [0.5, 0.6) is 0 Å². The van der Waals surface area contributed by atoms with Crippen LogP contribution in [0.4, 0.5) is 0 Å². The molecule has 0 aromatic carbocycles. The third-order valence-corrected chi connectivity index (χ3v) is 5.12. The number of rotatable bonds is 3. The largest absolute Gasteiger partial charge is 0.315 e. The highest BCUT2D eigenvalue weighted by Gasteiger charge is 2.26. The first-order valence-corrected chi connectivity index (χ1v) is 7.16. The first kappa shape index (κ1) is 12.0. The average Bonchev–Trinajstić information content (AvgIpc) is 2.28. The van der Waals surface area contributed by atoms with E-state index < -0.39 is 9.84 Å². The maximum atomic E-state index is 11.9. The molecule has 1 heterocycles. The van der Waals surface area contributed by atoms with Crippen LogP contribution in [0.15, 0.2) is 0 Å². The van der Waals surface area contributed by atoms with E-state index in [0.717, 1.165) is 25.8 Å². The Morgan fingerprint density at radius 1 is 1.36 bits per heavy atom. The van der Waals surface area contributed by atoms with Crippen molar-refractivity contribution in [3.63, 3.8) is 0 Å². The molecule has 14 heavy (non-hydrogen) atoms. The van der Waals surface area contributed by atoms with Crippen LogP contribution in [-0.2, 0) is 9.84 Å². The molecule has 0 aliphatic carbocycles. The van der Waals surface area contributed by atoms with Crippen molar-refractivity contribution in [1.82, 2.24) is 5.32 Å². The van der Waals surface area contributed by atoms with Gasteiger partial charge in [0.05, 0.1) is 11.0 Å². The van der Waals surface area contributed by atoms with Gasteiger partial charge in [-0.25, -0.2) is 8.42 Å². The first-order valence-electron chi connectivity index (χ1n) is 5.44. The number of nitrogens with one attached hydrogen (secondary N) is 1. The molecule has 0 radical (unpaired) electrons. The Hall–Kier alpha value is -0.0900. The molecule has 0 bridgehead atoms. The predicted octanol–water partition coefficient (Wildman–Crippen LogP) is 1.20. The maximum absolute atomic E-state index is 11.9. The Morgan fingerprint density at radius 2 is 2.07 bits per heavy atom. The molecule has 0 aromatic heterocycles. The average molecular weight is 219 g/mol. The number of sulfone groups is 1. The van der Waals surface area contributed by atoms with Crippen molar-refractivity contribution >= 4 is 9.84 Å². The lowest BCUT2D eigenvalue weighted by Crippen LogP contribution is -2.34. The van der Waals surface area contributed by atoms with Crippen LogP contribution >= 0.6 is 0 Å². The summed E-state index contributed by atoms with van der Waals surface area (Å²) in [6.07, 6.45) is 2.98. The van der Waals surface area contributed by atoms with Crippen molar-refractivity contribution < 1.29 is 8.42 Å². The molecule has 4 heteroatoms. The fourth-order valence-electron chi connectivity index (χ4n) is 1.89. The van der Waals surface area contributed by atoms with Gasteiger partial charge in [0.1, 0.15) is 0 Å². The van der Waals surface area contributed by atoms with Crippen LogP contribution in [0.1, 0.15) is 33.1 Å². The highest BCUT2D eigenvalue weighted by molar-refractivity contribution is 7.92.